The zero-order valence-electron chi connectivity index (χ0n) is 27.4. The Hall–Kier alpha value is -6.19. The van der Waals surface area contributed by atoms with Gasteiger partial charge in [0.2, 0.25) is 0 Å². The van der Waals surface area contributed by atoms with Gasteiger partial charge in [-0.3, -0.25) is 4.98 Å². The Kier molecular flexibility index (Phi) is 6.80. The summed E-state index contributed by atoms with van der Waals surface area (Å²) in [5.41, 5.74) is 14.9. The van der Waals surface area contributed by atoms with Gasteiger partial charge in [0.1, 0.15) is 0 Å². The number of aromatic nitrogens is 3. The van der Waals surface area contributed by atoms with Gasteiger partial charge in [0.25, 0.3) is 0 Å². The normalized spacial score (nSPS) is 12.9. The highest BCUT2D eigenvalue weighted by molar-refractivity contribution is 6.03. The Labute approximate surface area is 286 Å². The number of pyridine rings is 1. The van der Waals surface area contributed by atoms with E-state index >= 15 is 0 Å². The third-order valence-corrected chi connectivity index (χ3v) is 10.0. The molecule has 49 heavy (non-hydrogen) atoms. The Morgan fingerprint density at radius 1 is 0.449 bits per heavy atom. The first kappa shape index (κ1) is 29.0. The quantitative estimate of drug-likeness (QED) is 0.191. The molecule has 0 fully saturated rings. The molecule has 2 heterocycles. The average Bonchev–Trinajstić information content (AvgIpc) is 3.41. The van der Waals surface area contributed by atoms with Gasteiger partial charge in [-0.25, -0.2) is 9.97 Å². The van der Waals surface area contributed by atoms with Crippen molar-refractivity contribution in [3.05, 3.63) is 175 Å². The molecule has 0 unspecified atom stereocenters. The molecule has 0 aliphatic heterocycles. The van der Waals surface area contributed by atoms with Crippen LogP contribution >= 0.6 is 0 Å². The number of rotatable bonds is 5. The summed E-state index contributed by atoms with van der Waals surface area (Å²) in [6, 6.07) is 54.0. The molecule has 3 heteroatoms. The van der Waals surface area contributed by atoms with E-state index in [2.05, 4.69) is 146 Å². The SMILES string of the molecule is CC1(C)c2ccc(-c3ccc(-c4cc(-c5ccccc5)nc(-c5ccc(-c6cccnc6)cc5)n4)cc3)cc2-c2c1ccc1ccccc21. The van der Waals surface area contributed by atoms with Crippen molar-refractivity contribution >= 4 is 10.8 Å². The predicted octanol–water partition coefficient (Wildman–Crippen LogP) is 11.7. The van der Waals surface area contributed by atoms with Crippen LogP contribution in [0.4, 0.5) is 0 Å². The van der Waals surface area contributed by atoms with Crippen molar-refractivity contribution in [3.63, 3.8) is 0 Å². The van der Waals surface area contributed by atoms with Gasteiger partial charge >= 0.3 is 0 Å². The topological polar surface area (TPSA) is 38.7 Å². The lowest BCUT2D eigenvalue weighted by Crippen LogP contribution is -2.14. The van der Waals surface area contributed by atoms with Crippen molar-refractivity contribution in [2.24, 2.45) is 0 Å². The molecular formula is C46H33N3. The summed E-state index contributed by atoms with van der Waals surface area (Å²) in [5.74, 6) is 0.699. The zero-order chi connectivity index (χ0) is 33.0. The van der Waals surface area contributed by atoms with Crippen LogP contribution in [-0.2, 0) is 5.41 Å². The van der Waals surface area contributed by atoms with Gasteiger partial charge in [0, 0.05) is 34.5 Å². The van der Waals surface area contributed by atoms with Gasteiger partial charge in [0.05, 0.1) is 11.4 Å². The van der Waals surface area contributed by atoms with Crippen LogP contribution in [0, 0.1) is 0 Å². The van der Waals surface area contributed by atoms with Gasteiger partial charge in [-0.05, 0) is 73.5 Å². The Balaban J connectivity index is 1.10. The number of hydrogen-bond acceptors (Lipinski definition) is 3. The molecule has 8 aromatic rings. The van der Waals surface area contributed by atoms with Crippen molar-refractivity contribution in [2.75, 3.05) is 0 Å². The number of hydrogen-bond donors (Lipinski definition) is 0. The van der Waals surface area contributed by atoms with E-state index < -0.39 is 0 Å². The van der Waals surface area contributed by atoms with Crippen LogP contribution in [0.5, 0.6) is 0 Å². The van der Waals surface area contributed by atoms with Crippen LogP contribution in [0.2, 0.25) is 0 Å². The highest BCUT2D eigenvalue weighted by Crippen LogP contribution is 2.52. The molecule has 0 spiro atoms. The van der Waals surface area contributed by atoms with Crippen molar-refractivity contribution in [2.45, 2.75) is 19.3 Å². The fraction of sp³-hybridized carbons (Fsp3) is 0.0652. The molecule has 0 bridgehead atoms. The molecule has 1 aliphatic rings. The molecule has 2 aromatic heterocycles. The van der Waals surface area contributed by atoms with E-state index in [0.29, 0.717) is 5.82 Å². The summed E-state index contributed by atoms with van der Waals surface area (Å²) in [5, 5.41) is 2.60. The molecule has 0 atom stereocenters. The van der Waals surface area contributed by atoms with Crippen LogP contribution in [0.3, 0.4) is 0 Å². The van der Waals surface area contributed by atoms with Crippen molar-refractivity contribution in [1.82, 2.24) is 15.0 Å². The first-order chi connectivity index (χ1) is 24.0. The van der Waals surface area contributed by atoms with E-state index in [9.17, 15) is 0 Å². The summed E-state index contributed by atoms with van der Waals surface area (Å²) in [4.78, 5) is 14.4. The molecule has 0 N–H and O–H groups in total. The van der Waals surface area contributed by atoms with E-state index in [-0.39, 0.29) is 5.41 Å². The second kappa shape index (κ2) is 11.5. The monoisotopic (exact) mass is 627 g/mol. The Morgan fingerprint density at radius 2 is 1.04 bits per heavy atom. The van der Waals surface area contributed by atoms with Crippen LogP contribution in [0.1, 0.15) is 25.0 Å². The second-order valence-corrected chi connectivity index (χ2v) is 13.3. The third-order valence-electron chi connectivity index (χ3n) is 10.0. The van der Waals surface area contributed by atoms with Gasteiger partial charge in [-0.1, -0.05) is 147 Å². The first-order valence-electron chi connectivity index (χ1n) is 16.8. The fourth-order valence-corrected chi connectivity index (χ4v) is 7.36. The summed E-state index contributed by atoms with van der Waals surface area (Å²) < 4.78 is 0. The summed E-state index contributed by atoms with van der Waals surface area (Å²) >= 11 is 0. The van der Waals surface area contributed by atoms with Crippen molar-refractivity contribution < 1.29 is 0 Å². The number of fused-ring (bicyclic) bond motifs is 5. The third kappa shape index (κ3) is 5.03. The molecule has 1 aliphatic carbocycles. The van der Waals surface area contributed by atoms with Crippen LogP contribution in [-0.4, -0.2) is 15.0 Å². The minimum Gasteiger partial charge on any atom is -0.264 e. The molecule has 232 valence electrons. The summed E-state index contributed by atoms with van der Waals surface area (Å²) in [6.45, 7) is 4.69. The molecule has 0 saturated heterocycles. The van der Waals surface area contributed by atoms with Gasteiger partial charge < -0.3 is 0 Å². The molecule has 9 rings (SSSR count). The highest BCUT2D eigenvalue weighted by atomic mass is 14.9. The lowest BCUT2D eigenvalue weighted by Gasteiger charge is -2.21. The Morgan fingerprint density at radius 3 is 1.78 bits per heavy atom. The molecule has 0 amide bonds. The predicted molar refractivity (Wildman–Crippen MR) is 202 cm³/mol. The standard InChI is InChI=1S/C46H33N3/c1-46(2)40-24-23-36(27-39(40)44-38-13-7-6-9-32(38)22-25-41(44)46)30-14-18-34(19-15-30)43-28-42(33-10-4-3-5-11-33)48-45(49-43)35-20-16-31(17-21-35)37-12-8-26-47-29-37/h3-29H,1-2H3. The van der Waals surface area contributed by atoms with Crippen molar-refractivity contribution in [3.8, 4) is 67.3 Å². The second-order valence-electron chi connectivity index (χ2n) is 13.3. The van der Waals surface area contributed by atoms with Crippen LogP contribution < -0.4 is 0 Å². The highest BCUT2D eigenvalue weighted by Gasteiger charge is 2.36. The van der Waals surface area contributed by atoms with E-state index in [1.807, 2.05) is 30.5 Å². The van der Waals surface area contributed by atoms with E-state index in [4.69, 9.17) is 9.97 Å². The van der Waals surface area contributed by atoms with E-state index in [1.54, 1.807) is 6.20 Å². The zero-order valence-corrected chi connectivity index (χ0v) is 27.4. The number of nitrogens with zero attached hydrogens (tertiary/aromatic N) is 3. The summed E-state index contributed by atoms with van der Waals surface area (Å²) in [7, 11) is 0. The first-order valence-corrected chi connectivity index (χ1v) is 16.8. The van der Waals surface area contributed by atoms with E-state index in [0.717, 1.165) is 39.2 Å². The smallest absolute Gasteiger partial charge is 0.160 e. The lowest BCUT2D eigenvalue weighted by molar-refractivity contribution is 0.661. The molecule has 3 nitrogen and oxygen atoms in total. The minimum atomic E-state index is -0.0443. The largest absolute Gasteiger partial charge is 0.264 e. The van der Waals surface area contributed by atoms with Crippen molar-refractivity contribution in [1.29, 1.82) is 0 Å². The maximum atomic E-state index is 5.10. The maximum absolute atomic E-state index is 5.10. The maximum Gasteiger partial charge on any atom is 0.160 e. The fourth-order valence-electron chi connectivity index (χ4n) is 7.36. The average molecular weight is 628 g/mol. The molecule has 6 aromatic carbocycles. The number of benzene rings is 6. The van der Waals surface area contributed by atoms with E-state index in [1.165, 1.54) is 44.2 Å². The molecular weight excluding hydrogens is 595 g/mol. The van der Waals surface area contributed by atoms with Gasteiger partial charge in [0.15, 0.2) is 5.82 Å². The molecule has 0 saturated carbocycles. The van der Waals surface area contributed by atoms with Crippen LogP contribution in [0.15, 0.2) is 164 Å². The Bertz CT molecular complexity index is 2480. The van der Waals surface area contributed by atoms with Gasteiger partial charge in [-0.2, -0.15) is 0 Å². The molecule has 0 radical (unpaired) electrons. The van der Waals surface area contributed by atoms with Gasteiger partial charge in [-0.15, -0.1) is 0 Å². The minimum absolute atomic E-state index is 0.0443. The lowest BCUT2D eigenvalue weighted by atomic mass is 9.82. The van der Waals surface area contributed by atoms with Crippen LogP contribution in [0.25, 0.3) is 78.1 Å². The summed E-state index contributed by atoms with van der Waals surface area (Å²) in [6.07, 6.45) is 3.68.